The number of carbonyl (C=O) groups excluding carboxylic acids is 1. The van der Waals surface area contributed by atoms with E-state index in [9.17, 15) is 4.79 Å². The van der Waals surface area contributed by atoms with E-state index in [2.05, 4.69) is 10.3 Å². The summed E-state index contributed by atoms with van der Waals surface area (Å²) < 4.78 is 5.13. The van der Waals surface area contributed by atoms with Gasteiger partial charge < -0.3 is 9.73 Å². The molecule has 0 aliphatic heterocycles. The van der Waals surface area contributed by atoms with Crippen molar-refractivity contribution in [2.24, 2.45) is 0 Å². The highest BCUT2D eigenvalue weighted by Gasteiger charge is 2.14. The Hall–Kier alpha value is -2.10. The van der Waals surface area contributed by atoms with Crippen molar-refractivity contribution >= 4 is 11.6 Å². The summed E-state index contributed by atoms with van der Waals surface area (Å²) in [4.78, 5) is 16.4. The van der Waals surface area contributed by atoms with E-state index < -0.39 is 0 Å². The number of aryl methyl sites for hydroxylation is 4. The Bertz CT molecular complexity index is 577. The van der Waals surface area contributed by atoms with Crippen LogP contribution in [0.25, 0.3) is 0 Å². The van der Waals surface area contributed by atoms with Crippen molar-refractivity contribution in [3.8, 4) is 0 Å². The molecule has 2 heterocycles. The number of nitrogens with zero attached hydrogens (tertiary/aromatic N) is 1. The quantitative estimate of drug-likeness (QED) is 0.882. The molecule has 0 spiro atoms. The number of aromatic nitrogens is 1. The van der Waals surface area contributed by atoms with Gasteiger partial charge in [0.1, 0.15) is 5.76 Å². The van der Waals surface area contributed by atoms with Crippen LogP contribution < -0.4 is 5.32 Å². The lowest BCUT2D eigenvalue weighted by Gasteiger charge is -2.11. The molecular weight excluding hydrogens is 228 g/mol. The van der Waals surface area contributed by atoms with Gasteiger partial charge in [0.05, 0.1) is 23.2 Å². The number of furan rings is 1. The lowest BCUT2D eigenvalue weighted by Crippen LogP contribution is -2.14. The largest absolute Gasteiger partial charge is 0.469 e. The zero-order valence-electron chi connectivity index (χ0n) is 11.0. The highest BCUT2D eigenvalue weighted by Crippen LogP contribution is 2.20. The molecule has 0 fully saturated rings. The predicted octanol–water partition coefficient (Wildman–Crippen LogP) is 3.16. The molecular formula is C14H16N2O2. The molecule has 2 rings (SSSR count). The Morgan fingerprint density at radius 2 is 2.00 bits per heavy atom. The van der Waals surface area contributed by atoms with Crippen molar-refractivity contribution in [3.05, 3.63) is 46.7 Å². The van der Waals surface area contributed by atoms with Gasteiger partial charge in [-0.2, -0.15) is 0 Å². The van der Waals surface area contributed by atoms with Crippen molar-refractivity contribution in [1.29, 1.82) is 0 Å². The number of rotatable bonds is 2. The average Bonchev–Trinajstić information content (AvgIpc) is 2.69. The van der Waals surface area contributed by atoms with E-state index >= 15 is 0 Å². The molecule has 0 saturated heterocycles. The Balaban J connectivity index is 2.31. The molecule has 0 saturated carbocycles. The normalized spacial score (nSPS) is 10.4. The van der Waals surface area contributed by atoms with E-state index in [1.54, 1.807) is 13.0 Å². The summed E-state index contributed by atoms with van der Waals surface area (Å²) in [6, 6.07) is 3.61. The standard InChI is InChI=1S/C14H16N2O2/c1-8-7-9(2)15-10(3)13(8)16-14(17)12-5-6-18-11(12)4/h5-7H,1-4H3,(H,16,17). The first kappa shape index (κ1) is 12.4. The molecule has 0 atom stereocenters. The van der Waals surface area contributed by atoms with Crippen molar-refractivity contribution in [2.45, 2.75) is 27.7 Å². The summed E-state index contributed by atoms with van der Waals surface area (Å²) in [6.45, 7) is 7.55. The van der Waals surface area contributed by atoms with Crippen LogP contribution >= 0.6 is 0 Å². The van der Waals surface area contributed by atoms with Gasteiger partial charge in [-0.3, -0.25) is 9.78 Å². The number of nitrogens with one attached hydrogen (secondary N) is 1. The predicted molar refractivity (Wildman–Crippen MR) is 69.8 cm³/mol. The van der Waals surface area contributed by atoms with Gasteiger partial charge in [0.15, 0.2) is 0 Å². The first-order valence-corrected chi connectivity index (χ1v) is 5.79. The van der Waals surface area contributed by atoms with E-state index in [1.807, 2.05) is 26.8 Å². The minimum Gasteiger partial charge on any atom is -0.469 e. The SMILES string of the molecule is Cc1cc(C)c(NC(=O)c2ccoc2C)c(C)n1. The summed E-state index contributed by atoms with van der Waals surface area (Å²) in [5.41, 5.74) is 4.10. The van der Waals surface area contributed by atoms with Crippen molar-refractivity contribution in [3.63, 3.8) is 0 Å². The van der Waals surface area contributed by atoms with Crippen LogP contribution in [-0.4, -0.2) is 10.9 Å². The molecule has 2 aromatic heterocycles. The van der Waals surface area contributed by atoms with Crippen LogP contribution in [0.4, 0.5) is 5.69 Å². The molecule has 0 unspecified atom stereocenters. The van der Waals surface area contributed by atoms with Crippen molar-refractivity contribution in [1.82, 2.24) is 4.98 Å². The average molecular weight is 244 g/mol. The van der Waals surface area contributed by atoms with E-state index in [1.165, 1.54) is 6.26 Å². The maximum absolute atomic E-state index is 12.1. The van der Waals surface area contributed by atoms with Crippen molar-refractivity contribution in [2.75, 3.05) is 5.32 Å². The number of amides is 1. The smallest absolute Gasteiger partial charge is 0.259 e. The summed E-state index contributed by atoms with van der Waals surface area (Å²) in [7, 11) is 0. The van der Waals surface area contributed by atoms with Crippen LogP contribution in [0.1, 0.15) is 33.1 Å². The van der Waals surface area contributed by atoms with Crippen LogP contribution in [0.5, 0.6) is 0 Å². The highest BCUT2D eigenvalue weighted by atomic mass is 16.3. The maximum Gasteiger partial charge on any atom is 0.259 e. The van der Waals surface area contributed by atoms with Gasteiger partial charge in [0, 0.05) is 5.69 Å². The summed E-state index contributed by atoms with van der Waals surface area (Å²) in [5, 5.41) is 2.89. The summed E-state index contributed by atoms with van der Waals surface area (Å²) in [6.07, 6.45) is 1.51. The third-order valence-electron chi connectivity index (χ3n) is 2.87. The lowest BCUT2D eigenvalue weighted by molar-refractivity contribution is 0.102. The van der Waals surface area contributed by atoms with E-state index in [4.69, 9.17) is 4.42 Å². The minimum absolute atomic E-state index is 0.168. The maximum atomic E-state index is 12.1. The molecule has 2 aromatic rings. The van der Waals surface area contributed by atoms with Gasteiger partial charge in [0.2, 0.25) is 0 Å². The molecule has 0 aliphatic rings. The topological polar surface area (TPSA) is 55.1 Å². The Kier molecular flexibility index (Phi) is 3.19. The fourth-order valence-corrected chi connectivity index (χ4v) is 2.01. The first-order valence-electron chi connectivity index (χ1n) is 5.79. The molecule has 0 aromatic carbocycles. The Morgan fingerprint density at radius 1 is 1.28 bits per heavy atom. The van der Waals surface area contributed by atoms with Crippen LogP contribution in [0, 0.1) is 27.7 Å². The molecule has 94 valence electrons. The number of hydrogen-bond donors (Lipinski definition) is 1. The molecule has 0 bridgehead atoms. The van der Waals surface area contributed by atoms with Crippen LogP contribution in [0.2, 0.25) is 0 Å². The summed E-state index contributed by atoms with van der Waals surface area (Å²) >= 11 is 0. The van der Waals surface area contributed by atoms with E-state index in [0.29, 0.717) is 11.3 Å². The number of pyridine rings is 1. The second kappa shape index (κ2) is 4.64. The minimum atomic E-state index is -0.168. The zero-order chi connectivity index (χ0) is 13.3. The molecule has 0 radical (unpaired) electrons. The second-order valence-corrected chi connectivity index (χ2v) is 4.39. The summed E-state index contributed by atoms with van der Waals surface area (Å²) in [5.74, 6) is 0.445. The molecule has 4 heteroatoms. The van der Waals surface area contributed by atoms with E-state index in [0.717, 1.165) is 22.6 Å². The zero-order valence-corrected chi connectivity index (χ0v) is 11.0. The monoisotopic (exact) mass is 244 g/mol. The van der Waals surface area contributed by atoms with Crippen LogP contribution in [0.15, 0.2) is 22.8 Å². The van der Waals surface area contributed by atoms with Gasteiger partial charge in [0.25, 0.3) is 5.91 Å². The van der Waals surface area contributed by atoms with Gasteiger partial charge in [-0.05, 0) is 45.4 Å². The number of anilines is 1. The number of carbonyl (C=O) groups is 1. The highest BCUT2D eigenvalue weighted by molar-refractivity contribution is 6.05. The molecule has 1 amide bonds. The Labute approximate surface area is 106 Å². The van der Waals surface area contributed by atoms with Crippen molar-refractivity contribution < 1.29 is 9.21 Å². The fourth-order valence-electron chi connectivity index (χ4n) is 2.01. The third kappa shape index (κ3) is 2.27. The Morgan fingerprint density at radius 3 is 2.56 bits per heavy atom. The fraction of sp³-hybridized carbons (Fsp3) is 0.286. The van der Waals surface area contributed by atoms with Gasteiger partial charge >= 0.3 is 0 Å². The first-order chi connectivity index (χ1) is 8.49. The third-order valence-corrected chi connectivity index (χ3v) is 2.87. The lowest BCUT2D eigenvalue weighted by atomic mass is 10.1. The molecule has 4 nitrogen and oxygen atoms in total. The van der Waals surface area contributed by atoms with Gasteiger partial charge in [-0.25, -0.2) is 0 Å². The van der Waals surface area contributed by atoms with Gasteiger partial charge in [-0.1, -0.05) is 0 Å². The van der Waals surface area contributed by atoms with Gasteiger partial charge in [-0.15, -0.1) is 0 Å². The second-order valence-electron chi connectivity index (χ2n) is 4.39. The van der Waals surface area contributed by atoms with Crippen LogP contribution in [0.3, 0.4) is 0 Å². The van der Waals surface area contributed by atoms with E-state index in [-0.39, 0.29) is 5.91 Å². The molecule has 0 aliphatic carbocycles. The number of hydrogen-bond acceptors (Lipinski definition) is 3. The van der Waals surface area contributed by atoms with Crippen LogP contribution in [-0.2, 0) is 0 Å². The molecule has 1 N–H and O–H groups in total. The molecule has 18 heavy (non-hydrogen) atoms.